The fourth-order valence-electron chi connectivity index (χ4n) is 6.45. The lowest BCUT2D eigenvalue weighted by Gasteiger charge is -2.18. The first-order chi connectivity index (χ1) is 30.0. The Morgan fingerprint density at radius 2 is 0.721 bits per heavy atom. The summed E-state index contributed by atoms with van der Waals surface area (Å²) in [6.07, 6.45) is 63.9. The summed E-state index contributed by atoms with van der Waals surface area (Å²) in [6.45, 7) is 6.30. The molecule has 0 amide bonds. The molecular weight excluding hydrogens is 757 g/mol. The second-order valence-corrected chi connectivity index (χ2v) is 16.0. The van der Waals surface area contributed by atoms with Crippen molar-refractivity contribution in [3.63, 3.8) is 0 Å². The first-order valence-corrected chi connectivity index (χ1v) is 24.8. The van der Waals surface area contributed by atoms with Gasteiger partial charge >= 0.3 is 17.9 Å². The van der Waals surface area contributed by atoms with Crippen LogP contribution in [0.25, 0.3) is 0 Å². The first-order valence-electron chi connectivity index (χ1n) is 24.8. The van der Waals surface area contributed by atoms with Crippen LogP contribution in [0.1, 0.15) is 213 Å². The third-order valence-corrected chi connectivity index (χ3v) is 10.1. The lowest BCUT2D eigenvalue weighted by molar-refractivity contribution is -0.167. The van der Waals surface area contributed by atoms with Crippen LogP contribution < -0.4 is 0 Å². The highest BCUT2D eigenvalue weighted by atomic mass is 16.6. The van der Waals surface area contributed by atoms with Crippen molar-refractivity contribution in [2.75, 3.05) is 13.2 Å². The Balaban J connectivity index is 4.50. The van der Waals surface area contributed by atoms with Gasteiger partial charge in [0.2, 0.25) is 0 Å². The summed E-state index contributed by atoms with van der Waals surface area (Å²) in [5.74, 6) is -0.992. The number of hydrogen-bond donors (Lipinski definition) is 0. The van der Waals surface area contributed by atoms with E-state index in [9.17, 15) is 14.4 Å². The van der Waals surface area contributed by atoms with Gasteiger partial charge in [0.1, 0.15) is 13.2 Å². The molecule has 0 aromatic carbocycles. The summed E-state index contributed by atoms with van der Waals surface area (Å²) >= 11 is 0. The van der Waals surface area contributed by atoms with Gasteiger partial charge in [0, 0.05) is 19.3 Å². The molecule has 61 heavy (non-hydrogen) atoms. The number of esters is 3. The zero-order valence-electron chi connectivity index (χ0n) is 39.4. The largest absolute Gasteiger partial charge is 0.462 e. The van der Waals surface area contributed by atoms with E-state index in [2.05, 4.69) is 118 Å². The van der Waals surface area contributed by atoms with E-state index in [4.69, 9.17) is 14.2 Å². The van der Waals surface area contributed by atoms with Crippen LogP contribution in [0, 0.1) is 0 Å². The molecule has 0 spiro atoms. The molecule has 6 nitrogen and oxygen atoms in total. The second kappa shape index (κ2) is 49.0. The normalized spacial score (nSPS) is 12.9. The quantitative estimate of drug-likeness (QED) is 0.0200. The summed E-state index contributed by atoms with van der Waals surface area (Å²) in [7, 11) is 0. The van der Waals surface area contributed by atoms with Crippen LogP contribution >= 0.6 is 0 Å². The Bertz CT molecular complexity index is 1250. The molecule has 1 unspecified atom stereocenters. The van der Waals surface area contributed by atoms with Gasteiger partial charge in [-0.3, -0.25) is 14.4 Å². The van der Waals surface area contributed by atoms with Gasteiger partial charge < -0.3 is 14.2 Å². The predicted molar refractivity (Wildman–Crippen MR) is 260 cm³/mol. The minimum Gasteiger partial charge on any atom is -0.462 e. The molecule has 0 N–H and O–H groups in total. The Labute approximate surface area is 375 Å². The maximum absolute atomic E-state index is 12.8. The van der Waals surface area contributed by atoms with Gasteiger partial charge in [0.25, 0.3) is 0 Å². The van der Waals surface area contributed by atoms with Crippen LogP contribution in [0.5, 0.6) is 0 Å². The molecule has 1 atom stereocenters. The Morgan fingerprint density at radius 1 is 0.361 bits per heavy atom. The molecule has 0 aromatic heterocycles. The SMILES string of the molecule is CC\C=C/C=C\C=C/CCCCCCCCCC(=O)OC(COC(=O)CCCC/C=C\C/C=C\C/C=C\CC)COC(=O)CCCCC/C=C\C=C/CCCCCCCCC. The zero-order chi connectivity index (χ0) is 44.4. The maximum Gasteiger partial charge on any atom is 0.306 e. The van der Waals surface area contributed by atoms with Gasteiger partial charge in [-0.2, -0.15) is 0 Å². The molecule has 346 valence electrons. The first kappa shape index (κ1) is 57.3. The van der Waals surface area contributed by atoms with Crippen LogP contribution in [0.2, 0.25) is 0 Å². The van der Waals surface area contributed by atoms with Crippen molar-refractivity contribution < 1.29 is 28.6 Å². The van der Waals surface area contributed by atoms with E-state index >= 15 is 0 Å². The average Bonchev–Trinajstić information content (AvgIpc) is 3.26. The summed E-state index contributed by atoms with van der Waals surface area (Å²) < 4.78 is 16.7. The van der Waals surface area contributed by atoms with Crippen molar-refractivity contribution in [1.82, 2.24) is 0 Å². The summed E-state index contributed by atoms with van der Waals surface area (Å²) in [5, 5.41) is 0. The summed E-state index contributed by atoms with van der Waals surface area (Å²) in [4.78, 5) is 37.9. The fourth-order valence-corrected chi connectivity index (χ4v) is 6.45. The van der Waals surface area contributed by atoms with E-state index in [0.29, 0.717) is 19.3 Å². The van der Waals surface area contributed by atoms with Crippen LogP contribution in [-0.4, -0.2) is 37.2 Å². The summed E-state index contributed by atoms with van der Waals surface area (Å²) in [5.41, 5.74) is 0. The Morgan fingerprint density at radius 3 is 1.25 bits per heavy atom. The number of allylic oxidation sites excluding steroid dienone is 16. The average molecular weight is 847 g/mol. The van der Waals surface area contributed by atoms with E-state index in [0.717, 1.165) is 109 Å². The predicted octanol–water partition coefficient (Wildman–Crippen LogP) is 16.2. The van der Waals surface area contributed by atoms with Crippen molar-refractivity contribution in [3.05, 3.63) is 97.2 Å². The molecule has 0 fully saturated rings. The van der Waals surface area contributed by atoms with Crippen molar-refractivity contribution >= 4 is 17.9 Å². The highest BCUT2D eigenvalue weighted by Crippen LogP contribution is 2.13. The molecule has 0 aromatic rings. The van der Waals surface area contributed by atoms with E-state index in [1.54, 1.807) is 0 Å². The number of unbranched alkanes of at least 4 members (excludes halogenated alkanes) is 19. The molecule has 0 bridgehead atoms. The van der Waals surface area contributed by atoms with Gasteiger partial charge in [-0.15, -0.1) is 0 Å². The summed E-state index contributed by atoms with van der Waals surface area (Å²) in [6, 6.07) is 0. The minimum atomic E-state index is -0.810. The second-order valence-electron chi connectivity index (χ2n) is 16.0. The van der Waals surface area contributed by atoms with E-state index < -0.39 is 6.10 Å². The molecule has 0 rings (SSSR count). The van der Waals surface area contributed by atoms with Crippen molar-refractivity contribution in [3.8, 4) is 0 Å². The number of ether oxygens (including phenoxy) is 3. The third kappa shape index (κ3) is 47.2. The highest BCUT2D eigenvalue weighted by molar-refractivity contribution is 5.71. The number of hydrogen-bond acceptors (Lipinski definition) is 6. The van der Waals surface area contributed by atoms with Gasteiger partial charge in [-0.1, -0.05) is 195 Å². The molecule has 0 radical (unpaired) electrons. The topological polar surface area (TPSA) is 78.9 Å². The maximum atomic E-state index is 12.8. The number of carbonyl (C=O) groups is 3. The third-order valence-electron chi connectivity index (χ3n) is 10.1. The van der Waals surface area contributed by atoms with Crippen LogP contribution in [0.15, 0.2) is 97.2 Å². The standard InChI is InChI=1S/C55H90O6/c1-4-7-10-13-16-19-22-25-27-29-30-33-36-39-42-45-48-54(57)60-51-52(50-59-53(56)47-44-41-38-35-32-24-21-18-15-12-9-6-3)61-55(58)49-46-43-40-37-34-31-28-26-23-20-17-14-11-8-5-2/h8-9,11-12,14,17-18,20-21,23,27,29-30,32-33,35,52H,4-7,10,13,15-16,19,22,24-26,28,31,34,36-51H2,1-3H3/b11-8-,12-9-,17-14-,21-18-,23-20-,29-27-,33-30-,35-32-. The lowest BCUT2D eigenvalue weighted by Crippen LogP contribution is -2.30. The molecular formula is C55H90O6. The molecule has 0 saturated carbocycles. The molecule has 0 aliphatic heterocycles. The molecule has 6 heteroatoms. The highest BCUT2D eigenvalue weighted by Gasteiger charge is 2.19. The molecule has 0 aliphatic carbocycles. The molecule has 0 heterocycles. The van der Waals surface area contributed by atoms with Gasteiger partial charge in [-0.05, 0) is 96.3 Å². The molecule has 0 aliphatic rings. The van der Waals surface area contributed by atoms with Gasteiger partial charge in [0.15, 0.2) is 6.10 Å². The van der Waals surface area contributed by atoms with Gasteiger partial charge in [-0.25, -0.2) is 0 Å². The number of rotatable bonds is 43. The van der Waals surface area contributed by atoms with E-state index in [-0.39, 0.29) is 31.1 Å². The van der Waals surface area contributed by atoms with Crippen molar-refractivity contribution in [1.29, 1.82) is 0 Å². The van der Waals surface area contributed by atoms with E-state index in [1.807, 2.05) is 0 Å². The van der Waals surface area contributed by atoms with Crippen LogP contribution in [-0.2, 0) is 28.6 Å². The van der Waals surface area contributed by atoms with Crippen molar-refractivity contribution in [2.45, 2.75) is 219 Å². The van der Waals surface area contributed by atoms with Crippen molar-refractivity contribution in [2.24, 2.45) is 0 Å². The zero-order valence-corrected chi connectivity index (χ0v) is 39.4. The monoisotopic (exact) mass is 847 g/mol. The minimum absolute atomic E-state index is 0.110. The smallest absolute Gasteiger partial charge is 0.306 e. The van der Waals surface area contributed by atoms with Crippen LogP contribution in [0.3, 0.4) is 0 Å². The molecule has 0 saturated heterocycles. The number of carbonyl (C=O) groups excluding carboxylic acids is 3. The Hall–Kier alpha value is -3.67. The van der Waals surface area contributed by atoms with Gasteiger partial charge in [0.05, 0.1) is 0 Å². The van der Waals surface area contributed by atoms with Crippen LogP contribution in [0.4, 0.5) is 0 Å². The van der Waals surface area contributed by atoms with E-state index in [1.165, 1.54) is 64.2 Å². The lowest BCUT2D eigenvalue weighted by atomic mass is 10.1. The Kier molecular flexibility index (Phi) is 46.0. The fraction of sp³-hybridized carbons (Fsp3) is 0.655.